The number of alkyl halides is 2. The second-order valence-corrected chi connectivity index (χ2v) is 8.85. The van der Waals surface area contributed by atoms with Gasteiger partial charge in [-0.1, -0.05) is 0 Å². The quantitative estimate of drug-likeness (QED) is 0.591. The van der Waals surface area contributed by atoms with Crippen molar-refractivity contribution in [2.45, 2.75) is 42.7 Å². The molecule has 1 saturated carbocycles. The lowest BCUT2D eigenvalue weighted by Crippen LogP contribution is -2.33. The van der Waals surface area contributed by atoms with E-state index in [0.717, 1.165) is 24.3 Å². The molecule has 31 heavy (non-hydrogen) atoms. The fraction of sp³-hybridized carbons (Fsp3) is 0.350. The fourth-order valence-electron chi connectivity index (χ4n) is 3.37. The summed E-state index contributed by atoms with van der Waals surface area (Å²) in [7, 11) is -2.71. The van der Waals surface area contributed by atoms with E-state index in [0.29, 0.717) is 19.3 Å². The van der Waals surface area contributed by atoms with Crippen LogP contribution in [0.5, 0.6) is 5.75 Å². The molecule has 0 heterocycles. The number of benzene rings is 2. The van der Waals surface area contributed by atoms with E-state index in [4.69, 9.17) is 4.74 Å². The molecule has 2 atom stereocenters. The van der Waals surface area contributed by atoms with Gasteiger partial charge in [-0.3, -0.25) is 4.79 Å². The standard InChI is InChI=1S/C20H21F3N2O5S/c1-30-18-7-5-14(31(28,29)25-12-2-4-13(26)8-12)10-16(18)20(27)24-11-3-6-17(21)15(9-11)19(22)23/h3,5-7,9-10,12-13,19,25-26H,2,4,8H2,1H3,(H,24,27). The molecular formula is C20H21F3N2O5S. The van der Waals surface area contributed by atoms with Crippen molar-refractivity contribution in [3.63, 3.8) is 0 Å². The Kier molecular flexibility index (Phi) is 6.87. The minimum absolute atomic E-state index is 0.0592. The molecule has 2 unspecified atom stereocenters. The third kappa shape index (κ3) is 5.35. The minimum Gasteiger partial charge on any atom is -0.496 e. The Labute approximate surface area is 177 Å². The monoisotopic (exact) mass is 458 g/mol. The van der Waals surface area contributed by atoms with Crippen LogP contribution in [-0.2, 0) is 10.0 Å². The summed E-state index contributed by atoms with van der Waals surface area (Å²) in [5.41, 5.74) is -1.11. The Morgan fingerprint density at radius 3 is 2.55 bits per heavy atom. The van der Waals surface area contributed by atoms with E-state index in [1.807, 2.05) is 0 Å². The number of rotatable bonds is 7. The third-order valence-electron chi connectivity index (χ3n) is 4.94. The third-order valence-corrected chi connectivity index (χ3v) is 6.46. The van der Waals surface area contributed by atoms with Gasteiger partial charge in [0.15, 0.2) is 0 Å². The van der Waals surface area contributed by atoms with Crippen LogP contribution in [-0.4, -0.2) is 38.7 Å². The zero-order valence-electron chi connectivity index (χ0n) is 16.4. The number of methoxy groups -OCH3 is 1. The zero-order chi connectivity index (χ0) is 22.8. The van der Waals surface area contributed by atoms with Gasteiger partial charge in [-0.15, -0.1) is 0 Å². The van der Waals surface area contributed by atoms with Crippen LogP contribution in [0, 0.1) is 5.82 Å². The summed E-state index contributed by atoms with van der Waals surface area (Å²) >= 11 is 0. The number of aliphatic hydroxyl groups is 1. The number of amides is 1. The van der Waals surface area contributed by atoms with E-state index >= 15 is 0 Å². The first-order valence-corrected chi connectivity index (χ1v) is 10.9. The van der Waals surface area contributed by atoms with Gasteiger partial charge in [-0.2, -0.15) is 0 Å². The summed E-state index contributed by atoms with van der Waals surface area (Å²) in [4.78, 5) is 12.5. The Morgan fingerprint density at radius 1 is 1.19 bits per heavy atom. The molecule has 1 aliphatic carbocycles. The van der Waals surface area contributed by atoms with Crippen molar-refractivity contribution in [3.05, 3.63) is 53.3 Å². The lowest BCUT2D eigenvalue weighted by Gasteiger charge is -2.15. The van der Waals surface area contributed by atoms with Crippen molar-refractivity contribution in [2.75, 3.05) is 12.4 Å². The number of halogens is 3. The topological polar surface area (TPSA) is 105 Å². The van der Waals surface area contributed by atoms with Gasteiger partial charge in [0, 0.05) is 11.7 Å². The molecule has 7 nitrogen and oxygen atoms in total. The van der Waals surface area contributed by atoms with Crippen molar-refractivity contribution in [1.82, 2.24) is 4.72 Å². The van der Waals surface area contributed by atoms with E-state index in [-0.39, 0.29) is 21.9 Å². The molecule has 0 spiro atoms. The summed E-state index contributed by atoms with van der Waals surface area (Å²) in [6.45, 7) is 0. The Balaban J connectivity index is 1.86. The smallest absolute Gasteiger partial charge is 0.266 e. The van der Waals surface area contributed by atoms with E-state index < -0.39 is 45.9 Å². The first-order valence-electron chi connectivity index (χ1n) is 9.38. The van der Waals surface area contributed by atoms with E-state index in [1.54, 1.807) is 0 Å². The van der Waals surface area contributed by atoms with Crippen LogP contribution < -0.4 is 14.8 Å². The van der Waals surface area contributed by atoms with Crippen molar-refractivity contribution in [2.24, 2.45) is 0 Å². The summed E-state index contributed by atoms with van der Waals surface area (Å²) < 4.78 is 72.3. The second kappa shape index (κ2) is 9.25. The highest BCUT2D eigenvalue weighted by Gasteiger charge is 2.28. The fourth-order valence-corrected chi connectivity index (χ4v) is 4.68. The van der Waals surface area contributed by atoms with Crippen molar-refractivity contribution < 1.29 is 36.2 Å². The van der Waals surface area contributed by atoms with Gasteiger partial charge < -0.3 is 15.2 Å². The molecule has 168 valence electrons. The first kappa shape index (κ1) is 23.0. The van der Waals surface area contributed by atoms with Crippen molar-refractivity contribution >= 4 is 21.6 Å². The summed E-state index contributed by atoms with van der Waals surface area (Å²) in [6, 6.07) is 5.94. The zero-order valence-corrected chi connectivity index (χ0v) is 17.3. The number of carbonyl (C=O) groups is 1. The van der Waals surface area contributed by atoms with Crippen LogP contribution in [0.1, 0.15) is 41.6 Å². The number of anilines is 1. The van der Waals surface area contributed by atoms with Gasteiger partial charge in [0.1, 0.15) is 11.6 Å². The Morgan fingerprint density at radius 2 is 1.94 bits per heavy atom. The highest BCUT2D eigenvalue weighted by Crippen LogP contribution is 2.28. The van der Waals surface area contributed by atoms with Crippen molar-refractivity contribution in [1.29, 1.82) is 0 Å². The Hall–Kier alpha value is -2.63. The number of hydrogen-bond acceptors (Lipinski definition) is 5. The second-order valence-electron chi connectivity index (χ2n) is 7.14. The van der Waals surface area contributed by atoms with Crippen LogP contribution in [0.25, 0.3) is 0 Å². The normalized spacial score (nSPS) is 18.9. The van der Waals surface area contributed by atoms with Gasteiger partial charge >= 0.3 is 0 Å². The predicted octanol–water partition coefficient (Wildman–Crippen LogP) is 3.22. The van der Waals surface area contributed by atoms with Gasteiger partial charge in [0.25, 0.3) is 12.3 Å². The average molecular weight is 458 g/mol. The number of carbonyl (C=O) groups excluding carboxylic acids is 1. The highest BCUT2D eigenvalue weighted by molar-refractivity contribution is 7.89. The largest absolute Gasteiger partial charge is 0.496 e. The van der Waals surface area contributed by atoms with E-state index in [1.165, 1.54) is 19.2 Å². The maximum atomic E-state index is 13.5. The average Bonchev–Trinajstić information content (AvgIpc) is 3.12. The molecule has 3 N–H and O–H groups in total. The molecule has 0 aliphatic heterocycles. The lowest BCUT2D eigenvalue weighted by atomic mass is 10.1. The Bertz CT molecular complexity index is 1080. The van der Waals surface area contributed by atoms with Gasteiger partial charge in [-0.05, 0) is 55.7 Å². The lowest BCUT2D eigenvalue weighted by molar-refractivity contribution is 0.102. The molecule has 11 heteroatoms. The van der Waals surface area contributed by atoms with Crippen molar-refractivity contribution in [3.8, 4) is 5.75 Å². The highest BCUT2D eigenvalue weighted by atomic mass is 32.2. The molecule has 1 fully saturated rings. The van der Waals surface area contributed by atoms with Crippen LogP contribution in [0.3, 0.4) is 0 Å². The number of sulfonamides is 1. The molecule has 2 aromatic carbocycles. The number of aliphatic hydroxyl groups excluding tert-OH is 1. The molecule has 1 aliphatic rings. The van der Waals surface area contributed by atoms with E-state index in [9.17, 15) is 31.5 Å². The SMILES string of the molecule is COc1ccc(S(=O)(=O)NC2CCC(O)C2)cc1C(=O)Nc1ccc(F)c(C(F)F)c1. The summed E-state index contributed by atoms with van der Waals surface area (Å²) in [5, 5.41) is 11.9. The maximum absolute atomic E-state index is 13.5. The number of hydrogen-bond donors (Lipinski definition) is 3. The first-order chi connectivity index (χ1) is 14.6. The van der Waals surface area contributed by atoms with Gasteiger partial charge in [-0.25, -0.2) is 26.3 Å². The van der Waals surface area contributed by atoms with Crippen LogP contribution in [0.2, 0.25) is 0 Å². The number of ether oxygens (including phenoxy) is 1. The van der Waals surface area contributed by atoms with Gasteiger partial charge in [0.05, 0.1) is 29.2 Å². The summed E-state index contributed by atoms with van der Waals surface area (Å²) in [5.74, 6) is -1.87. The molecule has 0 aromatic heterocycles. The van der Waals surface area contributed by atoms with E-state index in [2.05, 4.69) is 10.0 Å². The molecular weight excluding hydrogens is 437 g/mol. The van der Waals surface area contributed by atoms with Crippen LogP contribution in [0.4, 0.5) is 18.9 Å². The van der Waals surface area contributed by atoms with Crippen LogP contribution in [0.15, 0.2) is 41.3 Å². The predicted molar refractivity (Wildman–Crippen MR) is 106 cm³/mol. The molecule has 0 saturated heterocycles. The number of nitrogens with one attached hydrogen (secondary N) is 2. The van der Waals surface area contributed by atoms with Crippen LogP contribution >= 0.6 is 0 Å². The maximum Gasteiger partial charge on any atom is 0.266 e. The molecule has 0 bridgehead atoms. The van der Waals surface area contributed by atoms with Gasteiger partial charge in [0.2, 0.25) is 10.0 Å². The minimum atomic E-state index is -3.99. The molecule has 0 radical (unpaired) electrons. The molecule has 1 amide bonds. The summed E-state index contributed by atoms with van der Waals surface area (Å²) in [6.07, 6.45) is -2.37. The molecule has 3 rings (SSSR count). The molecule has 2 aromatic rings.